The Morgan fingerprint density at radius 3 is 2.64 bits per heavy atom. The molecule has 1 aromatic rings. The van der Waals surface area contributed by atoms with Gasteiger partial charge in [0.15, 0.2) is 6.61 Å². The first-order valence-electron chi connectivity index (χ1n) is 8.77. The first-order valence-corrected chi connectivity index (χ1v) is 9.59. The summed E-state index contributed by atoms with van der Waals surface area (Å²) < 4.78 is 10.2. The standard InChI is InChI=1S/C18H23NO5S/c1-3-23-18(22)15-12-7-4-10(2)8-13(12)25-16(15)19-14(20)9-24-17(21)11-5-6-11/h10-11H,3-9H2,1-2H3,(H,19,20)/t10-/m1/s1. The van der Waals surface area contributed by atoms with Crippen LogP contribution < -0.4 is 5.32 Å². The Labute approximate surface area is 150 Å². The number of amides is 1. The molecule has 0 spiro atoms. The van der Waals surface area contributed by atoms with Crippen LogP contribution in [0, 0.1) is 11.8 Å². The average molecular weight is 365 g/mol. The number of thiophene rings is 1. The summed E-state index contributed by atoms with van der Waals surface area (Å²) in [6.07, 6.45) is 4.40. The lowest BCUT2D eigenvalue weighted by molar-refractivity contribution is -0.148. The van der Waals surface area contributed by atoms with Gasteiger partial charge in [-0.15, -0.1) is 11.3 Å². The summed E-state index contributed by atoms with van der Waals surface area (Å²) in [6, 6.07) is 0. The van der Waals surface area contributed by atoms with Crippen LogP contribution in [-0.4, -0.2) is 31.1 Å². The van der Waals surface area contributed by atoms with Crippen LogP contribution in [0.15, 0.2) is 0 Å². The highest BCUT2D eigenvalue weighted by molar-refractivity contribution is 7.17. The van der Waals surface area contributed by atoms with Gasteiger partial charge in [0, 0.05) is 4.88 Å². The van der Waals surface area contributed by atoms with E-state index in [0.717, 1.165) is 42.5 Å². The number of rotatable bonds is 6. The predicted molar refractivity (Wildman–Crippen MR) is 93.8 cm³/mol. The minimum Gasteiger partial charge on any atom is -0.462 e. The highest BCUT2D eigenvalue weighted by atomic mass is 32.1. The molecule has 1 amide bonds. The van der Waals surface area contributed by atoms with Crippen LogP contribution in [0.25, 0.3) is 0 Å². The molecule has 2 aliphatic carbocycles. The SMILES string of the molecule is CCOC(=O)c1c(NC(=O)COC(=O)C2CC2)sc2c1CC[C@@H](C)C2. The summed E-state index contributed by atoms with van der Waals surface area (Å²) in [5.41, 5.74) is 1.46. The maximum Gasteiger partial charge on any atom is 0.341 e. The molecular weight excluding hydrogens is 342 g/mol. The minimum atomic E-state index is -0.425. The van der Waals surface area contributed by atoms with Crippen molar-refractivity contribution in [2.45, 2.75) is 46.0 Å². The molecule has 0 saturated heterocycles. The average Bonchev–Trinajstić information content (AvgIpc) is 3.35. The molecule has 3 rings (SSSR count). The third-order valence-electron chi connectivity index (χ3n) is 4.50. The van der Waals surface area contributed by atoms with Crippen LogP contribution >= 0.6 is 11.3 Å². The van der Waals surface area contributed by atoms with Crippen molar-refractivity contribution in [1.82, 2.24) is 0 Å². The maximum atomic E-state index is 12.4. The van der Waals surface area contributed by atoms with Crippen molar-refractivity contribution in [2.75, 3.05) is 18.5 Å². The fourth-order valence-electron chi connectivity index (χ4n) is 2.99. The molecule has 136 valence electrons. The maximum absolute atomic E-state index is 12.4. The van der Waals surface area contributed by atoms with Crippen LogP contribution in [0.3, 0.4) is 0 Å². The highest BCUT2D eigenvalue weighted by Gasteiger charge is 2.32. The summed E-state index contributed by atoms with van der Waals surface area (Å²) >= 11 is 1.43. The van der Waals surface area contributed by atoms with Crippen LogP contribution in [0.1, 0.15) is 53.9 Å². The van der Waals surface area contributed by atoms with Gasteiger partial charge in [-0.1, -0.05) is 6.92 Å². The van der Waals surface area contributed by atoms with E-state index >= 15 is 0 Å². The van der Waals surface area contributed by atoms with Crippen LogP contribution in [0.4, 0.5) is 5.00 Å². The summed E-state index contributed by atoms with van der Waals surface area (Å²) in [5, 5.41) is 3.24. The molecule has 0 bridgehead atoms. The Morgan fingerprint density at radius 2 is 1.96 bits per heavy atom. The van der Waals surface area contributed by atoms with Crippen molar-refractivity contribution < 1.29 is 23.9 Å². The molecule has 1 fully saturated rings. The third kappa shape index (κ3) is 4.21. The highest BCUT2D eigenvalue weighted by Crippen LogP contribution is 2.40. The van der Waals surface area contributed by atoms with Crippen molar-refractivity contribution >= 4 is 34.2 Å². The molecule has 1 N–H and O–H groups in total. The smallest absolute Gasteiger partial charge is 0.341 e. The van der Waals surface area contributed by atoms with Crippen LogP contribution in [0.5, 0.6) is 0 Å². The molecule has 0 aromatic carbocycles. The molecule has 7 heteroatoms. The fraction of sp³-hybridized carbons (Fsp3) is 0.611. The van der Waals surface area contributed by atoms with Crippen molar-refractivity contribution in [3.63, 3.8) is 0 Å². The molecule has 6 nitrogen and oxygen atoms in total. The molecule has 0 radical (unpaired) electrons. The number of ether oxygens (including phenoxy) is 2. The largest absolute Gasteiger partial charge is 0.462 e. The first-order chi connectivity index (χ1) is 12.0. The summed E-state index contributed by atoms with van der Waals surface area (Å²) in [7, 11) is 0. The van der Waals surface area contributed by atoms with Crippen LogP contribution in [0.2, 0.25) is 0 Å². The van der Waals surface area contributed by atoms with E-state index in [4.69, 9.17) is 9.47 Å². The second kappa shape index (κ2) is 7.56. The molecule has 1 heterocycles. The molecule has 25 heavy (non-hydrogen) atoms. The van der Waals surface area contributed by atoms with Gasteiger partial charge in [0.1, 0.15) is 5.00 Å². The first kappa shape index (κ1) is 17.9. The van der Waals surface area contributed by atoms with E-state index in [1.165, 1.54) is 11.3 Å². The Balaban J connectivity index is 1.73. The van der Waals surface area contributed by atoms with E-state index in [-0.39, 0.29) is 25.1 Å². The Hall–Kier alpha value is -1.89. The zero-order valence-corrected chi connectivity index (χ0v) is 15.4. The van der Waals surface area contributed by atoms with Crippen molar-refractivity contribution in [1.29, 1.82) is 0 Å². The molecule has 2 aliphatic rings. The predicted octanol–water partition coefficient (Wildman–Crippen LogP) is 2.94. The fourth-order valence-corrected chi connectivity index (χ4v) is 4.41. The number of hydrogen-bond donors (Lipinski definition) is 1. The molecule has 1 atom stereocenters. The number of anilines is 1. The van der Waals surface area contributed by atoms with Gasteiger partial charge >= 0.3 is 11.9 Å². The number of hydrogen-bond acceptors (Lipinski definition) is 6. The van der Waals surface area contributed by atoms with Gasteiger partial charge < -0.3 is 14.8 Å². The van der Waals surface area contributed by atoms with Gasteiger partial charge in [-0.25, -0.2) is 4.79 Å². The van der Waals surface area contributed by atoms with Gasteiger partial charge in [0.2, 0.25) is 0 Å². The van der Waals surface area contributed by atoms with Crippen LogP contribution in [-0.2, 0) is 31.9 Å². The number of carbonyl (C=O) groups excluding carboxylic acids is 3. The van der Waals surface area contributed by atoms with E-state index in [2.05, 4.69) is 12.2 Å². The minimum absolute atomic E-state index is 0.0431. The lowest BCUT2D eigenvalue weighted by Gasteiger charge is -2.18. The Morgan fingerprint density at radius 1 is 1.20 bits per heavy atom. The van der Waals surface area contributed by atoms with Gasteiger partial charge in [0.25, 0.3) is 5.91 Å². The molecular formula is C18H23NO5S. The van der Waals surface area contributed by atoms with Crippen molar-refractivity contribution in [3.8, 4) is 0 Å². The number of fused-ring (bicyclic) bond motifs is 1. The zero-order chi connectivity index (χ0) is 18.0. The van der Waals surface area contributed by atoms with E-state index in [1.807, 2.05) is 0 Å². The third-order valence-corrected chi connectivity index (χ3v) is 5.67. The zero-order valence-electron chi connectivity index (χ0n) is 14.6. The van der Waals surface area contributed by atoms with E-state index < -0.39 is 11.9 Å². The molecule has 1 saturated carbocycles. The Bertz CT molecular complexity index is 692. The van der Waals surface area contributed by atoms with Crippen molar-refractivity contribution in [3.05, 3.63) is 16.0 Å². The summed E-state index contributed by atoms with van der Waals surface area (Å²) in [5.74, 6) is -0.631. The van der Waals surface area contributed by atoms with Gasteiger partial charge in [-0.2, -0.15) is 0 Å². The Kier molecular flexibility index (Phi) is 5.42. The van der Waals surface area contributed by atoms with Gasteiger partial charge in [-0.3, -0.25) is 9.59 Å². The lowest BCUT2D eigenvalue weighted by atomic mass is 9.88. The second-order valence-corrected chi connectivity index (χ2v) is 7.81. The monoisotopic (exact) mass is 365 g/mol. The quantitative estimate of drug-likeness (QED) is 0.784. The van der Waals surface area contributed by atoms with E-state index in [9.17, 15) is 14.4 Å². The topological polar surface area (TPSA) is 81.7 Å². The number of carbonyl (C=O) groups is 3. The molecule has 0 aliphatic heterocycles. The number of esters is 2. The summed E-state index contributed by atoms with van der Waals surface area (Å²) in [4.78, 5) is 37.2. The van der Waals surface area contributed by atoms with Crippen molar-refractivity contribution in [2.24, 2.45) is 11.8 Å². The normalized spacial score (nSPS) is 19.0. The molecule has 1 aromatic heterocycles. The number of nitrogens with one attached hydrogen (secondary N) is 1. The molecule has 0 unspecified atom stereocenters. The second-order valence-electron chi connectivity index (χ2n) is 6.71. The van der Waals surface area contributed by atoms with E-state index in [0.29, 0.717) is 16.5 Å². The van der Waals surface area contributed by atoms with E-state index in [1.54, 1.807) is 6.92 Å². The van der Waals surface area contributed by atoms with Gasteiger partial charge in [0.05, 0.1) is 18.1 Å². The summed E-state index contributed by atoms with van der Waals surface area (Å²) in [6.45, 7) is 3.90. The lowest BCUT2D eigenvalue weighted by Crippen LogP contribution is -2.22. The van der Waals surface area contributed by atoms with Gasteiger partial charge in [-0.05, 0) is 50.5 Å².